The maximum atomic E-state index is 11.3. The summed E-state index contributed by atoms with van der Waals surface area (Å²) >= 11 is 5.83. The Bertz CT molecular complexity index is 668. The maximum absolute atomic E-state index is 11.3. The van der Waals surface area contributed by atoms with Crippen molar-refractivity contribution in [3.8, 4) is 11.6 Å². The summed E-state index contributed by atoms with van der Waals surface area (Å²) in [7, 11) is 0. The van der Waals surface area contributed by atoms with Crippen molar-refractivity contribution in [1.29, 1.82) is 0 Å². The molecule has 1 aliphatic heterocycles. The molecule has 0 aliphatic carbocycles. The fourth-order valence-corrected chi connectivity index (χ4v) is 2.30. The number of nitrogens with zero attached hydrogens (tertiary/aromatic N) is 1. The molecule has 1 aliphatic rings. The van der Waals surface area contributed by atoms with Crippen LogP contribution in [0.3, 0.4) is 0 Å². The molecule has 0 saturated heterocycles. The van der Waals surface area contributed by atoms with Gasteiger partial charge in [-0.1, -0.05) is 11.6 Å². The smallest absolute Gasteiger partial charge is 0.224 e. The number of amides is 1. The molecular weight excluding hydrogens is 278 g/mol. The minimum Gasteiger partial charge on any atom is -0.439 e. The highest BCUT2D eigenvalue weighted by Crippen LogP contribution is 2.30. The number of carbonyl (C=O) groups is 1. The number of hydrogen-bond acceptors (Lipinski definition) is 4. The van der Waals surface area contributed by atoms with Crippen molar-refractivity contribution in [1.82, 2.24) is 4.98 Å². The molecule has 1 amide bonds. The number of anilines is 2. The largest absolute Gasteiger partial charge is 0.439 e. The van der Waals surface area contributed by atoms with E-state index in [4.69, 9.17) is 22.1 Å². The van der Waals surface area contributed by atoms with Crippen LogP contribution in [0.1, 0.15) is 12.0 Å². The van der Waals surface area contributed by atoms with Gasteiger partial charge in [-0.15, -0.1) is 0 Å². The van der Waals surface area contributed by atoms with E-state index in [2.05, 4.69) is 10.3 Å². The zero-order chi connectivity index (χ0) is 14.1. The summed E-state index contributed by atoms with van der Waals surface area (Å²) in [5.41, 5.74) is 8.04. The minimum atomic E-state index is 0.0375. The van der Waals surface area contributed by atoms with Crippen LogP contribution < -0.4 is 15.8 Å². The summed E-state index contributed by atoms with van der Waals surface area (Å²) in [6.45, 7) is 0. The number of rotatable bonds is 2. The van der Waals surface area contributed by atoms with Crippen LogP contribution >= 0.6 is 11.6 Å². The molecule has 3 rings (SSSR count). The van der Waals surface area contributed by atoms with Gasteiger partial charge in [0.2, 0.25) is 11.8 Å². The molecule has 0 unspecified atom stereocenters. The van der Waals surface area contributed by atoms with E-state index in [0.717, 1.165) is 11.3 Å². The Labute approximate surface area is 120 Å². The number of aromatic nitrogens is 1. The van der Waals surface area contributed by atoms with Crippen LogP contribution in [0, 0.1) is 0 Å². The van der Waals surface area contributed by atoms with Crippen LogP contribution in [0.15, 0.2) is 30.3 Å². The number of nitrogen functional groups attached to an aromatic ring is 1. The number of nitrogens with two attached hydrogens (primary N) is 1. The lowest BCUT2D eigenvalue weighted by Crippen LogP contribution is -2.18. The summed E-state index contributed by atoms with van der Waals surface area (Å²) in [5, 5.41) is 3.10. The van der Waals surface area contributed by atoms with Crippen molar-refractivity contribution in [2.45, 2.75) is 12.8 Å². The second kappa shape index (κ2) is 5.02. The summed E-state index contributed by atoms with van der Waals surface area (Å²) in [5.74, 6) is 1.01. The first-order chi connectivity index (χ1) is 9.60. The third-order valence-corrected chi connectivity index (χ3v) is 3.18. The Morgan fingerprint density at radius 1 is 1.25 bits per heavy atom. The number of pyridine rings is 1. The average Bonchev–Trinajstić information content (AvgIpc) is 2.38. The maximum Gasteiger partial charge on any atom is 0.224 e. The predicted molar refractivity (Wildman–Crippen MR) is 77.1 cm³/mol. The van der Waals surface area contributed by atoms with Gasteiger partial charge in [0, 0.05) is 23.9 Å². The minimum absolute atomic E-state index is 0.0375. The third kappa shape index (κ3) is 2.67. The first-order valence-corrected chi connectivity index (χ1v) is 6.52. The number of fused-ring (bicyclic) bond motifs is 1. The van der Waals surface area contributed by atoms with Gasteiger partial charge < -0.3 is 15.8 Å². The van der Waals surface area contributed by atoms with Crippen LogP contribution in [-0.4, -0.2) is 10.9 Å². The lowest BCUT2D eigenvalue weighted by atomic mass is 10.0. The summed E-state index contributed by atoms with van der Waals surface area (Å²) in [4.78, 5) is 15.3. The van der Waals surface area contributed by atoms with Crippen molar-refractivity contribution < 1.29 is 9.53 Å². The molecule has 6 heteroatoms. The van der Waals surface area contributed by atoms with E-state index in [9.17, 15) is 4.79 Å². The van der Waals surface area contributed by atoms with Crippen molar-refractivity contribution in [3.05, 3.63) is 41.0 Å². The fraction of sp³-hybridized carbons (Fsp3) is 0.143. The molecule has 0 radical (unpaired) electrons. The Balaban J connectivity index is 1.86. The molecule has 20 heavy (non-hydrogen) atoms. The zero-order valence-corrected chi connectivity index (χ0v) is 11.3. The van der Waals surface area contributed by atoms with Gasteiger partial charge in [0.15, 0.2) is 0 Å². The van der Waals surface area contributed by atoms with Gasteiger partial charge in [0.1, 0.15) is 10.9 Å². The first-order valence-electron chi connectivity index (χ1n) is 6.14. The Kier molecular flexibility index (Phi) is 3.20. The fourth-order valence-electron chi connectivity index (χ4n) is 2.09. The van der Waals surface area contributed by atoms with Crippen molar-refractivity contribution >= 4 is 28.9 Å². The first kappa shape index (κ1) is 12.7. The van der Waals surface area contributed by atoms with Crippen molar-refractivity contribution in [2.24, 2.45) is 0 Å². The van der Waals surface area contributed by atoms with Gasteiger partial charge in [-0.05, 0) is 36.2 Å². The van der Waals surface area contributed by atoms with E-state index in [-0.39, 0.29) is 11.1 Å². The number of ether oxygens (including phenoxy) is 1. The molecule has 2 heterocycles. The van der Waals surface area contributed by atoms with E-state index >= 15 is 0 Å². The van der Waals surface area contributed by atoms with Crippen LogP contribution in [0.5, 0.6) is 11.6 Å². The summed E-state index contributed by atoms with van der Waals surface area (Å²) < 4.78 is 5.64. The number of carbonyl (C=O) groups excluding carboxylic acids is 1. The topological polar surface area (TPSA) is 77.2 Å². The molecule has 0 fully saturated rings. The van der Waals surface area contributed by atoms with Gasteiger partial charge in [0.25, 0.3) is 0 Å². The second-order valence-electron chi connectivity index (χ2n) is 4.53. The van der Waals surface area contributed by atoms with Gasteiger partial charge in [-0.3, -0.25) is 4.79 Å². The normalized spacial score (nSPS) is 13.6. The second-order valence-corrected chi connectivity index (χ2v) is 4.92. The molecule has 2 aromatic rings. The molecule has 0 atom stereocenters. The standard InChI is InChI=1S/C14H12ClN3O2/c15-12-6-9(16)7-14(18-12)20-10-2-3-11-8(5-10)1-4-13(19)17-11/h2-3,5-7H,1,4H2,(H2,16,18)(H,17,19). The molecule has 0 saturated carbocycles. The number of hydrogen-bond donors (Lipinski definition) is 2. The lowest BCUT2D eigenvalue weighted by Gasteiger charge is -2.17. The van der Waals surface area contributed by atoms with Crippen LogP contribution in [0.2, 0.25) is 5.15 Å². The van der Waals surface area contributed by atoms with Gasteiger partial charge in [0.05, 0.1) is 0 Å². The molecule has 0 bridgehead atoms. The number of benzene rings is 1. The van der Waals surface area contributed by atoms with Gasteiger partial charge in [-0.25, -0.2) is 4.98 Å². The molecule has 1 aromatic heterocycles. The molecule has 3 N–H and O–H groups in total. The molecule has 0 spiro atoms. The summed E-state index contributed by atoms with van der Waals surface area (Å²) in [6, 6.07) is 8.62. The van der Waals surface area contributed by atoms with Gasteiger partial charge in [-0.2, -0.15) is 0 Å². The van der Waals surface area contributed by atoms with Gasteiger partial charge >= 0.3 is 0 Å². The predicted octanol–water partition coefficient (Wildman–Crippen LogP) is 2.99. The number of nitrogens with one attached hydrogen (secondary N) is 1. The van der Waals surface area contributed by atoms with Crippen LogP contribution in [-0.2, 0) is 11.2 Å². The van der Waals surface area contributed by atoms with E-state index in [0.29, 0.717) is 30.2 Å². The molecule has 1 aromatic carbocycles. The van der Waals surface area contributed by atoms with Crippen LogP contribution in [0.4, 0.5) is 11.4 Å². The monoisotopic (exact) mass is 289 g/mol. The van der Waals surface area contributed by atoms with Crippen molar-refractivity contribution in [3.63, 3.8) is 0 Å². The average molecular weight is 290 g/mol. The summed E-state index contributed by atoms with van der Waals surface area (Å²) in [6.07, 6.45) is 1.18. The molecular formula is C14H12ClN3O2. The molecule has 5 nitrogen and oxygen atoms in total. The molecule has 102 valence electrons. The van der Waals surface area contributed by atoms with E-state index in [1.165, 1.54) is 0 Å². The van der Waals surface area contributed by atoms with E-state index in [1.54, 1.807) is 18.2 Å². The highest BCUT2D eigenvalue weighted by atomic mass is 35.5. The van der Waals surface area contributed by atoms with E-state index < -0.39 is 0 Å². The Hall–Kier alpha value is -2.27. The Morgan fingerprint density at radius 3 is 2.90 bits per heavy atom. The zero-order valence-electron chi connectivity index (χ0n) is 10.5. The van der Waals surface area contributed by atoms with E-state index in [1.807, 2.05) is 12.1 Å². The van der Waals surface area contributed by atoms with Crippen molar-refractivity contribution in [2.75, 3.05) is 11.1 Å². The Morgan fingerprint density at radius 2 is 2.10 bits per heavy atom. The SMILES string of the molecule is Nc1cc(Cl)nc(Oc2ccc3c(c2)CCC(=O)N3)c1. The van der Waals surface area contributed by atoms with Crippen LogP contribution in [0.25, 0.3) is 0 Å². The highest BCUT2D eigenvalue weighted by molar-refractivity contribution is 6.29. The number of aryl methyl sites for hydroxylation is 1. The highest BCUT2D eigenvalue weighted by Gasteiger charge is 2.15. The third-order valence-electron chi connectivity index (χ3n) is 2.99. The number of halogens is 1. The quantitative estimate of drug-likeness (QED) is 0.833. The lowest BCUT2D eigenvalue weighted by molar-refractivity contribution is -0.116.